The Balaban J connectivity index is 4.13. The van der Waals surface area contributed by atoms with Crippen LogP contribution in [0.3, 0.4) is 0 Å². The summed E-state index contributed by atoms with van der Waals surface area (Å²) in [5, 5.41) is -0.531. The lowest BCUT2D eigenvalue weighted by Crippen LogP contribution is -2.43. The summed E-state index contributed by atoms with van der Waals surface area (Å²) < 4.78 is 25.5. The zero-order valence-corrected chi connectivity index (χ0v) is 10.1. The monoisotopic (exact) mass is 223 g/mol. The first-order chi connectivity index (χ1) is 6.31. The van der Waals surface area contributed by atoms with Gasteiger partial charge in [-0.2, -0.15) is 0 Å². The summed E-state index contributed by atoms with van der Waals surface area (Å²) in [6, 6.07) is 0.176. The van der Waals surface area contributed by atoms with Crippen molar-refractivity contribution in [1.82, 2.24) is 9.62 Å². The highest BCUT2D eigenvalue weighted by Gasteiger charge is 2.19. The quantitative estimate of drug-likeness (QED) is 0.618. The van der Waals surface area contributed by atoms with E-state index in [9.17, 15) is 8.42 Å². The minimum Gasteiger partial charge on any atom is -0.329 e. The lowest BCUT2D eigenvalue weighted by molar-refractivity contribution is 0.313. The van der Waals surface area contributed by atoms with E-state index in [1.54, 1.807) is 6.92 Å². The van der Waals surface area contributed by atoms with Gasteiger partial charge in [0.1, 0.15) is 0 Å². The molecule has 0 spiro atoms. The van der Waals surface area contributed by atoms with Crippen LogP contribution < -0.4 is 10.5 Å². The molecule has 2 unspecified atom stereocenters. The molecule has 0 aromatic rings. The van der Waals surface area contributed by atoms with Gasteiger partial charge >= 0.3 is 0 Å². The highest BCUT2D eigenvalue weighted by Crippen LogP contribution is 1.97. The van der Waals surface area contributed by atoms with Gasteiger partial charge in [0.05, 0.1) is 5.25 Å². The molecule has 0 aromatic carbocycles. The highest BCUT2D eigenvalue weighted by molar-refractivity contribution is 7.90. The Bertz CT molecular complexity index is 251. The van der Waals surface area contributed by atoms with E-state index in [-0.39, 0.29) is 12.6 Å². The van der Waals surface area contributed by atoms with Gasteiger partial charge in [-0.05, 0) is 27.9 Å². The lowest BCUT2D eigenvalue weighted by atomic mass is 10.3. The normalized spacial score (nSPS) is 17.0. The van der Waals surface area contributed by atoms with Gasteiger partial charge in [-0.25, -0.2) is 13.1 Å². The van der Waals surface area contributed by atoms with Gasteiger partial charge in [0.15, 0.2) is 0 Å². The van der Waals surface area contributed by atoms with Crippen LogP contribution in [-0.4, -0.2) is 51.8 Å². The number of nitrogens with zero attached hydrogens (tertiary/aromatic N) is 1. The van der Waals surface area contributed by atoms with Crippen LogP contribution in [0.25, 0.3) is 0 Å². The Kier molecular flexibility index (Phi) is 5.58. The summed E-state index contributed by atoms with van der Waals surface area (Å²) in [5.41, 5.74) is 5.29. The molecule has 0 heterocycles. The highest BCUT2D eigenvalue weighted by atomic mass is 32.2. The molecule has 0 fully saturated rings. The average molecular weight is 223 g/mol. The van der Waals surface area contributed by atoms with Crippen molar-refractivity contribution in [3.8, 4) is 0 Å². The topological polar surface area (TPSA) is 75.4 Å². The number of nitrogens with one attached hydrogen (secondary N) is 1. The van der Waals surface area contributed by atoms with Gasteiger partial charge in [0, 0.05) is 19.1 Å². The maximum atomic E-state index is 11.5. The molecule has 0 amide bonds. The molecule has 3 N–H and O–H groups in total. The molecule has 0 aliphatic rings. The molecule has 86 valence electrons. The third-order valence-corrected chi connectivity index (χ3v) is 4.14. The zero-order chi connectivity index (χ0) is 11.4. The van der Waals surface area contributed by atoms with E-state index in [4.69, 9.17) is 5.73 Å². The van der Waals surface area contributed by atoms with Crippen LogP contribution in [0.5, 0.6) is 0 Å². The first-order valence-corrected chi connectivity index (χ1v) is 6.21. The smallest absolute Gasteiger partial charge is 0.215 e. The van der Waals surface area contributed by atoms with E-state index in [2.05, 4.69) is 4.72 Å². The number of sulfonamides is 1. The van der Waals surface area contributed by atoms with E-state index in [0.717, 1.165) is 0 Å². The van der Waals surface area contributed by atoms with Crippen molar-refractivity contribution in [2.45, 2.75) is 25.1 Å². The van der Waals surface area contributed by atoms with Crippen molar-refractivity contribution >= 4 is 10.0 Å². The number of hydrogen-bond acceptors (Lipinski definition) is 4. The maximum absolute atomic E-state index is 11.5. The molecular weight excluding hydrogens is 202 g/mol. The molecule has 0 saturated heterocycles. The van der Waals surface area contributed by atoms with Crippen LogP contribution in [-0.2, 0) is 10.0 Å². The number of likely N-dealkylation sites (N-methyl/N-ethyl adjacent to an activating group) is 1. The summed E-state index contributed by atoms with van der Waals surface area (Å²) >= 11 is 0. The summed E-state index contributed by atoms with van der Waals surface area (Å²) in [4.78, 5) is 1.95. The van der Waals surface area contributed by atoms with Gasteiger partial charge in [-0.3, -0.25) is 0 Å². The Morgan fingerprint density at radius 3 is 2.21 bits per heavy atom. The van der Waals surface area contributed by atoms with Crippen molar-refractivity contribution in [2.75, 3.05) is 27.2 Å². The summed E-state index contributed by atoms with van der Waals surface area (Å²) in [6.07, 6.45) is 0. The number of nitrogens with two attached hydrogens (primary N) is 1. The third-order valence-electron chi connectivity index (χ3n) is 2.32. The first-order valence-electron chi connectivity index (χ1n) is 4.66. The second-order valence-electron chi connectivity index (χ2n) is 3.75. The second kappa shape index (κ2) is 5.65. The van der Waals surface area contributed by atoms with Crippen molar-refractivity contribution in [3.05, 3.63) is 0 Å². The zero-order valence-electron chi connectivity index (χ0n) is 9.32. The fourth-order valence-corrected chi connectivity index (χ4v) is 1.70. The largest absolute Gasteiger partial charge is 0.329 e. The maximum Gasteiger partial charge on any atom is 0.215 e. The van der Waals surface area contributed by atoms with Crippen LogP contribution in [0.2, 0.25) is 0 Å². The third kappa shape index (κ3) is 4.36. The van der Waals surface area contributed by atoms with Gasteiger partial charge in [0.25, 0.3) is 0 Å². The molecule has 5 nitrogen and oxygen atoms in total. The van der Waals surface area contributed by atoms with Crippen LogP contribution in [0, 0.1) is 0 Å². The first kappa shape index (κ1) is 13.8. The Hall–Kier alpha value is -0.170. The Labute approximate surface area is 86.7 Å². The molecule has 0 bridgehead atoms. The van der Waals surface area contributed by atoms with Crippen LogP contribution in [0.1, 0.15) is 13.8 Å². The molecule has 0 rings (SSSR count). The number of hydrogen-bond donors (Lipinski definition) is 2. The minimum absolute atomic E-state index is 0.145. The van der Waals surface area contributed by atoms with E-state index in [1.807, 2.05) is 25.9 Å². The summed E-state index contributed by atoms with van der Waals surface area (Å²) in [5.74, 6) is 0. The molecule has 0 aromatic heterocycles. The summed E-state index contributed by atoms with van der Waals surface area (Å²) in [7, 11) is 0.576. The molecule has 0 radical (unpaired) electrons. The van der Waals surface area contributed by atoms with Crippen molar-refractivity contribution < 1.29 is 8.42 Å². The lowest BCUT2D eigenvalue weighted by Gasteiger charge is -2.21. The second-order valence-corrected chi connectivity index (χ2v) is 5.94. The fourth-order valence-electron chi connectivity index (χ4n) is 0.688. The van der Waals surface area contributed by atoms with Crippen LogP contribution >= 0.6 is 0 Å². The molecule has 0 saturated carbocycles. The molecule has 0 aliphatic carbocycles. The Morgan fingerprint density at radius 1 is 1.36 bits per heavy atom. The van der Waals surface area contributed by atoms with E-state index >= 15 is 0 Å². The minimum atomic E-state index is -3.24. The van der Waals surface area contributed by atoms with E-state index in [0.29, 0.717) is 6.54 Å². The van der Waals surface area contributed by atoms with Crippen LogP contribution in [0.15, 0.2) is 0 Å². The van der Waals surface area contributed by atoms with Crippen molar-refractivity contribution in [3.63, 3.8) is 0 Å². The molecule has 14 heavy (non-hydrogen) atoms. The van der Waals surface area contributed by atoms with Gasteiger partial charge in [-0.1, -0.05) is 0 Å². The average Bonchev–Trinajstić information content (AvgIpc) is 2.12. The Morgan fingerprint density at radius 2 is 1.86 bits per heavy atom. The summed E-state index contributed by atoms with van der Waals surface area (Å²) in [6.45, 7) is 4.11. The predicted molar refractivity (Wildman–Crippen MR) is 58.6 cm³/mol. The SMILES string of the molecule is CC(CNS(=O)(=O)C(C)CN)N(C)C. The fraction of sp³-hybridized carbons (Fsp3) is 1.00. The predicted octanol–water partition coefficient (Wildman–Crippen LogP) is -0.797. The van der Waals surface area contributed by atoms with Crippen LogP contribution in [0.4, 0.5) is 0 Å². The van der Waals surface area contributed by atoms with E-state index in [1.165, 1.54) is 0 Å². The molecule has 0 aliphatic heterocycles. The molecule has 6 heteroatoms. The van der Waals surface area contributed by atoms with Gasteiger partial charge in [-0.15, -0.1) is 0 Å². The molecular formula is C8H21N3O2S. The number of rotatable bonds is 6. The van der Waals surface area contributed by atoms with Crippen molar-refractivity contribution in [2.24, 2.45) is 5.73 Å². The standard InChI is InChI=1S/C8H21N3O2S/c1-7(11(3)4)6-10-14(12,13)8(2)5-9/h7-8,10H,5-6,9H2,1-4H3. The van der Waals surface area contributed by atoms with Gasteiger partial charge < -0.3 is 10.6 Å². The van der Waals surface area contributed by atoms with Gasteiger partial charge in [0.2, 0.25) is 10.0 Å². The van der Waals surface area contributed by atoms with E-state index < -0.39 is 15.3 Å². The van der Waals surface area contributed by atoms with Crippen molar-refractivity contribution in [1.29, 1.82) is 0 Å². The molecule has 2 atom stereocenters.